The molecule has 1 atom stereocenters. The number of benzene rings is 1. The van der Waals surface area contributed by atoms with E-state index in [1.54, 1.807) is 5.54 Å². The van der Waals surface area contributed by atoms with E-state index in [1.165, 1.54) is 0 Å². The van der Waals surface area contributed by atoms with Crippen molar-refractivity contribution in [2.75, 3.05) is 11.9 Å². The molecule has 0 bridgehead atoms. The second-order valence-corrected chi connectivity index (χ2v) is 4.39. The molecule has 0 saturated carbocycles. The molecule has 0 aromatic heterocycles. The molecule has 0 heterocycles. The summed E-state index contributed by atoms with van der Waals surface area (Å²) in [5.41, 5.74) is 3.73. The van der Waals surface area contributed by atoms with Gasteiger partial charge in [-0.3, -0.25) is 0 Å². The highest BCUT2D eigenvalue weighted by Gasteiger charge is 2.01. The largest absolute Gasteiger partial charge is 0.491 e. The van der Waals surface area contributed by atoms with Crippen molar-refractivity contribution in [2.45, 2.75) is 33.3 Å². The Morgan fingerprint density at radius 2 is 2.29 bits per heavy atom. The number of ether oxygens (including phenoxy) is 1. The lowest BCUT2D eigenvalue weighted by Gasteiger charge is -2.14. The molecule has 94 valence electrons. The molecular weight excluding hydrogens is 234 g/mol. The van der Waals surface area contributed by atoms with Gasteiger partial charge in [0.05, 0.1) is 6.10 Å². The number of hydrogen-bond donors (Lipinski definition) is 1. The molecule has 2 nitrogen and oxygen atoms in total. The lowest BCUT2D eigenvalue weighted by molar-refractivity contribution is 0.217. The Hall–Kier alpha value is -1.15. The van der Waals surface area contributed by atoms with Gasteiger partial charge in [-0.15, -0.1) is 0 Å². The summed E-state index contributed by atoms with van der Waals surface area (Å²) in [6, 6.07) is 7.99. The molecule has 1 unspecified atom stereocenters. The molecule has 1 N–H and O–H groups in total. The van der Waals surface area contributed by atoms with Crippen LogP contribution in [0.15, 0.2) is 35.4 Å². The number of halogens is 1. The first kappa shape index (κ1) is 13.9. The lowest BCUT2D eigenvalue weighted by atomic mass is 10.2. The van der Waals surface area contributed by atoms with Crippen molar-refractivity contribution >= 4 is 17.3 Å². The van der Waals surface area contributed by atoms with Crippen LogP contribution in [0.5, 0.6) is 5.75 Å². The number of nitrogens with one attached hydrogen (secondary N) is 1. The quantitative estimate of drug-likeness (QED) is 0.810. The molecule has 0 radical (unpaired) electrons. The summed E-state index contributed by atoms with van der Waals surface area (Å²) in [4.78, 5) is 0. The van der Waals surface area contributed by atoms with Gasteiger partial charge in [0.25, 0.3) is 0 Å². The molecule has 0 aliphatic rings. The molecule has 1 aromatic carbocycles. The van der Waals surface area contributed by atoms with Gasteiger partial charge in [0.2, 0.25) is 0 Å². The average molecular weight is 254 g/mol. The molecule has 0 aliphatic heterocycles. The van der Waals surface area contributed by atoms with Gasteiger partial charge in [-0.25, -0.2) is 0 Å². The van der Waals surface area contributed by atoms with E-state index >= 15 is 0 Å². The SMILES string of the molecule is CCC(C)Oc1cccc(NC/C(C)=C/Cl)c1. The molecular formula is C14H20ClNO. The number of hydrogen-bond acceptors (Lipinski definition) is 2. The first-order valence-corrected chi connectivity index (χ1v) is 6.35. The zero-order valence-electron chi connectivity index (χ0n) is 10.7. The van der Waals surface area contributed by atoms with Crippen molar-refractivity contribution in [1.29, 1.82) is 0 Å². The Kier molecular flexibility index (Phi) is 5.92. The minimum atomic E-state index is 0.245. The molecule has 1 rings (SSSR count). The van der Waals surface area contributed by atoms with Crippen molar-refractivity contribution in [3.8, 4) is 5.75 Å². The van der Waals surface area contributed by atoms with Crippen LogP contribution in [0.2, 0.25) is 0 Å². The van der Waals surface area contributed by atoms with Crippen molar-refractivity contribution < 1.29 is 4.74 Å². The highest BCUT2D eigenvalue weighted by molar-refractivity contribution is 6.25. The molecule has 0 aliphatic carbocycles. The second kappa shape index (κ2) is 7.23. The molecule has 0 spiro atoms. The van der Waals surface area contributed by atoms with Gasteiger partial charge in [-0.05, 0) is 38.0 Å². The molecule has 0 fully saturated rings. The predicted molar refractivity (Wildman–Crippen MR) is 74.9 cm³/mol. The highest BCUT2D eigenvalue weighted by Crippen LogP contribution is 2.19. The zero-order chi connectivity index (χ0) is 12.7. The fraction of sp³-hybridized carbons (Fsp3) is 0.429. The third-order valence-electron chi connectivity index (χ3n) is 2.50. The average Bonchev–Trinajstić information content (AvgIpc) is 2.36. The predicted octanol–water partition coefficient (Wildman–Crippen LogP) is 4.42. The first-order valence-electron chi connectivity index (χ1n) is 5.92. The summed E-state index contributed by atoms with van der Waals surface area (Å²) in [5, 5.41) is 3.29. The van der Waals surface area contributed by atoms with Crippen LogP contribution in [0.1, 0.15) is 27.2 Å². The summed E-state index contributed by atoms with van der Waals surface area (Å²) >= 11 is 5.61. The van der Waals surface area contributed by atoms with E-state index in [9.17, 15) is 0 Å². The number of anilines is 1. The summed E-state index contributed by atoms with van der Waals surface area (Å²) in [6.07, 6.45) is 1.25. The van der Waals surface area contributed by atoms with Crippen LogP contribution in [0, 0.1) is 0 Å². The van der Waals surface area contributed by atoms with Crippen LogP contribution < -0.4 is 10.1 Å². The van der Waals surface area contributed by atoms with E-state index < -0.39 is 0 Å². The van der Waals surface area contributed by atoms with E-state index in [1.807, 2.05) is 31.2 Å². The van der Waals surface area contributed by atoms with Crippen LogP contribution in [-0.4, -0.2) is 12.6 Å². The number of rotatable bonds is 6. The summed E-state index contributed by atoms with van der Waals surface area (Å²) in [5.74, 6) is 0.900. The highest BCUT2D eigenvalue weighted by atomic mass is 35.5. The van der Waals surface area contributed by atoms with Gasteiger partial charge >= 0.3 is 0 Å². The summed E-state index contributed by atoms with van der Waals surface area (Å²) in [7, 11) is 0. The van der Waals surface area contributed by atoms with Crippen LogP contribution >= 0.6 is 11.6 Å². The minimum absolute atomic E-state index is 0.245. The Morgan fingerprint density at radius 1 is 1.53 bits per heavy atom. The van der Waals surface area contributed by atoms with Gasteiger partial charge in [-0.1, -0.05) is 24.6 Å². The lowest BCUT2D eigenvalue weighted by Crippen LogP contribution is -2.10. The minimum Gasteiger partial charge on any atom is -0.491 e. The van der Waals surface area contributed by atoms with Crippen molar-refractivity contribution in [2.24, 2.45) is 0 Å². The standard InChI is InChI=1S/C14H20ClNO/c1-4-12(3)17-14-7-5-6-13(8-14)16-10-11(2)9-15/h5-9,12,16H,4,10H2,1-3H3/b11-9+. The van der Waals surface area contributed by atoms with Gasteiger partial charge in [-0.2, -0.15) is 0 Å². The third-order valence-corrected chi connectivity index (χ3v) is 2.88. The smallest absolute Gasteiger partial charge is 0.121 e. The molecule has 0 saturated heterocycles. The van der Waals surface area contributed by atoms with Crippen LogP contribution in [0.3, 0.4) is 0 Å². The maximum Gasteiger partial charge on any atom is 0.121 e. The van der Waals surface area contributed by atoms with E-state index in [2.05, 4.69) is 19.2 Å². The van der Waals surface area contributed by atoms with Crippen molar-refractivity contribution in [3.63, 3.8) is 0 Å². The van der Waals surface area contributed by atoms with Gasteiger partial charge < -0.3 is 10.1 Å². The van der Waals surface area contributed by atoms with E-state index in [0.29, 0.717) is 0 Å². The Morgan fingerprint density at radius 3 is 2.94 bits per heavy atom. The molecule has 3 heteroatoms. The van der Waals surface area contributed by atoms with Crippen LogP contribution in [0.4, 0.5) is 5.69 Å². The van der Waals surface area contributed by atoms with Gasteiger partial charge in [0, 0.05) is 23.8 Å². The molecule has 1 aromatic rings. The van der Waals surface area contributed by atoms with E-state index in [0.717, 1.165) is 30.0 Å². The second-order valence-electron chi connectivity index (χ2n) is 4.17. The van der Waals surface area contributed by atoms with Crippen molar-refractivity contribution in [1.82, 2.24) is 0 Å². The van der Waals surface area contributed by atoms with E-state index in [4.69, 9.17) is 16.3 Å². The molecule has 0 amide bonds. The Bertz CT molecular complexity index is 376. The molecule has 17 heavy (non-hydrogen) atoms. The Labute approximate surface area is 109 Å². The van der Waals surface area contributed by atoms with Gasteiger partial charge in [0.15, 0.2) is 0 Å². The fourth-order valence-electron chi connectivity index (χ4n) is 1.28. The van der Waals surface area contributed by atoms with Crippen LogP contribution in [-0.2, 0) is 0 Å². The van der Waals surface area contributed by atoms with Gasteiger partial charge in [0.1, 0.15) is 5.75 Å². The monoisotopic (exact) mass is 253 g/mol. The summed E-state index contributed by atoms with van der Waals surface area (Å²) in [6.45, 7) is 6.91. The maximum atomic E-state index is 5.76. The third kappa shape index (κ3) is 5.14. The topological polar surface area (TPSA) is 21.3 Å². The van der Waals surface area contributed by atoms with E-state index in [-0.39, 0.29) is 6.10 Å². The normalized spacial score (nSPS) is 13.3. The van der Waals surface area contributed by atoms with Crippen LogP contribution in [0.25, 0.3) is 0 Å². The van der Waals surface area contributed by atoms with Crippen molar-refractivity contribution in [3.05, 3.63) is 35.4 Å². The maximum absolute atomic E-state index is 5.76. The summed E-state index contributed by atoms with van der Waals surface area (Å²) < 4.78 is 5.76. The first-order chi connectivity index (χ1) is 8.15. The Balaban J connectivity index is 2.59. The zero-order valence-corrected chi connectivity index (χ0v) is 11.4. The fourth-order valence-corrected chi connectivity index (χ4v) is 1.35.